The Kier molecular flexibility index (Phi) is 3.82. The maximum atomic E-state index is 11.4. The smallest absolute Gasteiger partial charge is 0.234 e. The van der Waals surface area contributed by atoms with E-state index < -0.39 is 9.84 Å². The molecule has 0 atom stereocenters. The zero-order valence-corrected chi connectivity index (χ0v) is 9.78. The van der Waals surface area contributed by atoms with Gasteiger partial charge in [-0.1, -0.05) is 25.2 Å². The van der Waals surface area contributed by atoms with Crippen LogP contribution < -0.4 is 5.32 Å². The van der Waals surface area contributed by atoms with Crippen molar-refractivity contribution in [2.45, 2.75) is 24.6 Å². The summed E-state index contributed by atoms with van der Waals surface area (Å²) in [4.78, 5) is 0. The van der Waals surface area contributed by atoms with Gasteiger partial charge in [-0.05, 0) is 6.42 Å². The van der Waals surface area contributed by atoms with Crippen LogP contribution in [0.25, 0.3) is 0 Å². The van der Waals surface area contributed by atoms with Crippen molar-refractivity contribution in [3.8, 4) is 0 Å². The van der Waals surface area contributed by atoms with E-state index >= 15 is 0 Å². The van der Waals surface area contributed by atoms with Gasteiger partial charge in [0.1, 0.15) is 0 Å². The maximum absolute atomic E-state index is 11.4. The van der Waals surface area contributed by atoms with Gasteiger partial charge < -0.3 is 5.32 Å². The SMILES string of the molecule is CCCNc1nnc(S(=O)(=O)CC)s1. The molecule has 0 aliphatic carbocycles. The number of rotatable bonds is 5. The summed E-state index contributed by atoms with van der Waals surface area (Å²) in [6, 6.07) is 0. The summed E-state index contributed by atoms with van der Waals surface area (Å²) in [5, 5.41) is 10.9. The minimum absolute atomic E-state index is 0.0649. The third-order valence-corrected chi connectivity index (χ3v) is 4.64. The largest absolute Gasteiger partial charge is 0.360 e. The first-order valence-corrected chi connectivity index (χ1v) is 6.87. The molecule has 1 rings (SSSR count). The number of nitrogens with one attached hydrogen (secondary N) is 1. The first-order chi connectivity index (χ1) is 6.60. The van der Waals surface area contributed by atoms with E-state index in [1.165, 1.54) is 0 Å². The predicted octanol–water partition coefficient (Wildman–Crippen LogP) is 1.15. The Morgan fingerprint density at radius 2 is 2.07 bits per heavy atom. The van der Waals surface area contributed by atoms with E-state index in [2.05, 4.69) is 15.5 Å². The van der Waals surface area contributed by atoms with Crippen LogP contribution in [0.3, 0.4) is 0 Å². The van der Waals surface area contributed by atoms with Crippen molar-refractivity contribution in [2.75, 3.05) is 17.6 Å². The highest BCUT2D eigenvalue weighted by atomic mass is 32.2. The predicted molar refractivity (Wildman–Crippen MR) is 56.4 cm³/mol. The van der Waals surface area contributed by atoms with Crippen molar-refractivity contribution in [2.24, 2.45) is 0 Å². The van der Waals surface area contributed by atoms with Crippen molar-refractivity contribution < 1.29 is 8.42 Å². The molecule has 1 N–H and O–H groups in total. The van der Waals surface area contributed by atoms with Crippen LogP contribution in [0.5, 0.6) is 0 Å². The maximum Gasteiger partial charge on any atom is 0.234 e. The Bertz CT molecular complexity index is 385. The average Bonchev–Trinajstić information content (AvgIpc) is 2.63. The van der Waals surface area contributed by atoms with Gasteiger partial charge in [0.25, 0.3) is 0 Å². The van der Waals surface area contributed by atoms with Crippen molar-refractivity contribution in [1.82, 2.24) is 10.2 Å². The van der Waals surface area contributed by atoms with Gasteiger partial charge in [-0.3, -0.25) is 0 Å². The molecule has 0 saturated heterocycles. The molecule has 0 unspecified atom stereocenters. The molecule has 7 heteroatoms. The van der Waals surface area contributed by atoms with Crippen molar-refractivity contribution in [1.29, 1.82) is 0 Å². The number of anilines is 1. The Morgan fingerprint density at radius 3 is 2.64 bits per heavy atom. The molecule has 0 aromatic carbocycles. The van der Waals surface area contributed by atoms with Gasteiger partial charge in [0.2, 0.25) is 19.3 Å². The number of aromatic nitrogens is 2. The molecule has 1 heterocycles. The lowest BCUT2D eigenvalue weighted by Crippen LogP contribution is -2.02. The second-order valence-corrected chi connectivity index (χ2v) is 6.13. The third kappa shape index (κ3) is 2.65. The van der Waals surface area contributed by atoms with Gasteiger partial charge in [0, 0.05) is 6.54 Å². The van der Waals surface area contributed by atoms with Crippen LogP contribution in [0, 0.1) is 0 Å². The standard InChI is InChI=1S/C7H13N3O2S2/c1-3-5-8-6-9-10-7(13-6)14(11,12)4-2/h3-5H2,1-2H3,(H,8,9). The second kappa shape index (κ2) is 4.70. The molecule has 14 heavy (non-hydrogen) atoms. The monoisotopic (exact) mass is 235 g/mol. The van der Waals surface area contributed by atoms with E-state index in [0.29, 0.717) is 5.13 Å². The molecule has 5 nitrogen and oxygen atoms in total. The highest BCUT2D eigenvalue weighted by molar-refractivity contribution is 7.93. The van der Waals surface area contributed by atoms with E-state index in [1.54, 1.807) is 6.92 Å². The molecule has 0 radical (unpaired) electrons. The molecule has 0 amide bonds. The van der Waals surface area contributed by atoms with E-state index in [9.17, 15) is 8.42 Å². The lowest BCUT2D eigenvalue weighted by atomic mass is 10.5. The van der Waals surface area contributed by atoms with Gasteiger partial charge in [0.05, 0.1) is 5.75 Å². The number of hydrogen-bond donors (Lipinski definition) is 1. The Morgan fingerprint density at radius 1 is 1.36 bits per heavy atom. The van der Waals surface area contributed by atoms with Crippen molar-refractivity contribution >= 4 is 26.3 Å². The van der Waals surface area contributed by atoms with Gasteiger partial charge in [-0.2, -0.15) is 0 Å². The van der Waals surface area contributed by atoms with Crippen LogP contribution >= 0.6 is 11.3 Å². The fraction of sp³-hybridized carbons (Fsp3) is 0.714. The average molecular weight is 235 g/mol. The number of nitrogens with zero attached hydrogens (tertiary/aromatic N) is 2. The molecule has 0 bridgehead atoms. The van der Waals surface area contributed by atoms with Gasteiger partial charge in [-0.25, -0.2) is 8.42 Å². The highest BCUT2D eigenvalue weighted by Gasteiger charge is 2.17. The summed E-state index contributed by atoms with van der Waals surface area (Å²) in [5.41, 5.74) is 0. The molecule has 1 aromatic heterocycles. The van der Waals surface area contributed by atoms with Crippen LogP contribution in [0.2, 0.25) is 0 Å². The first-order valence-electron chi connectivity index (χ1n) is 4.40. The van der Waals surface area contributed by atoms with Gasteiger partial charge in [0.15, 0.2) is 0 Å². The topological polar surface area (TPSA) is 72.0 Å². The minimum atomic E-state index is -3.20. The molecule has 0 fully saturated rings. The molecule has 0 aliphatic heterocycles. The molecular weight excluding hydrogens is 222 g/mol. The number of hydrogen-bond acceptors (Lipinski definition) is 6. The van der Waals surface area contributed by atoms with E-state index in [4.69, 9.17) is 0 Å². The molecular formula is C7H13N3O2S2. The minimum Gasteiger partial charge on any atom is -0.360 e. The van der Waals surface area contributed by atoms with Crippen molar-refractivity contribution in [3.05, 3.63) is 0 Å². The highest BCUT2D eigenvalue weighted by Crippen LogP contribution is 2.20. The summed E-state index contributed by atoms with van der Waals surface area (Å²) in [7, 11) is -3.20. The van der Waals surface area contributed by atoms with Crippen LogP contribution in [0.15, 0.2) is 4.34 Å². The van der Waals surface area contributed by atoms with Gasteiger partial charge >= 0.3 is 0 Å². The third-order valence-electron chi connectivity index (χ3n) is 1.58. The number of sulfone groups is 1. The molecule has 1 aromatic rings. The van der Waals surface area contributed by atoms with Crippen LogP contribution in [0.1, 0.15) is 20.3 Å². The Labute approximate surface area is 87.5 Å². The summed E-state index contributed by atoms with van der Waals surface area (Å²) < 4.78 is 22.8. The Balaban J connectivity index is 2.78. The van der Waals surface area contributed by atoms with Crippen LogP contribution in [-0.2, 0) is 9.84 Å². The molecule has 0 spiro atoms. The molecule has 80 valence electrons. The summed E-state index contributed by atoms with van der Waals surface area (Å²) >= 11 is 1.08. The zero-order chi connectivity index (χ0) is 10.6. The zero-order valence-electron chi connectivity index (χ0n) is 8.15. The molecule has 0 aliphatic rings. The Hall–Kier alpha value is -0.690. The summed E-state index contributed by atoms with van der Waals surface area (Å²) in [6.07, 6.45) is 0.968. The van der Waals surface area contributed by atoms with Crippen molar-refractivity contribution in [3.63, 3.8) is 0 Å². The normalized spacial score (nSPS) is 11.6. The van der Waals surface area contributed by atoms with Crippen LogP contribution in [0.4, 0.5) is 5.13 Å². The summed E-state index contributed by atoms with van der Waals surface area (Å²) in [5.74, 6) is 0.0649. The van der Waals surface area contributed by atoms with Gasteiger partial charge in [-0.15, -0.1) is 10.2 Å². The quantitative estimate of drug-likeness (QED) is 0.829. The lowest BCUT2D eigenvalue weighted by molar-refractivity contribution is 0.595. The fourth-order valence-corrected chi connectivity index (χ4v) is 2.78. The second-order valence-electron chi connectivity index (χ2n) is 2.70. The van der Waals surface area contributed by atoms with E-state index in [-0.39, 0.29) is 10.1 Å². The lowest BCUT2D eigenvalue weighted by Gasteiger charge is -1.95. The fourth-order valence-electron chi connectivity index (χ4n) is 0.762. The van der Waals surface area contributed by atoms with E-state index in [1.807, 2.05) is 6.92 Å². The molecule has 0 saturated carbocycles. The van der Waals surface area contributed by atoms with Crippen LogP contribution in [-0.4, -0.2) is 30.9 Å². The first kappa shape index (κ1) is 11.4. The summed E-state index contributed by atoms with van der Waals surface area (Å²) in [6.45, 7) is 4.40. The van der Waals surface area contributed by atoms with E-state index in [0.717, 1.165) is 24.3 Å².